The zero-order chi connectivity index (χ0) is 17.6. The lowest BCUT2D eigenvalue weighted by molar-refractivity contribution is -0.139. The number of amides is 1. The number of carboxylic acids is 1. The second-order valence-corrected chi connectivity index (χ2v) is 5.62. The number of hydrogen-bond donors (Lipinski definition) is 2. The minimum Gasteiger partial charge on any atom is -0.482 e. The number of carbonyl (C=O) groups is 2. The van der Waals surface area contributed by atoms with Crippen LogP contribution in [0.1, 0.15) is 23.2 Å². The van der Waals surface area contributed by atoms with Gasteiger partial charge in [0.15, 0.2) is 12.4 Å². The van der Waals surface area contributed by atoms with E-state index in [1.165, 1.54) is 6.33 Å². The Bertz CT molecular complexity index is 757. The molecule has 0 unspecified atom stereocenters. The fraction of sp³-hybridized carbons (Fsp3) is 0.294. The van der Waals surface area contributed by atoms with Crippen LogP contribution in [0.15, 0.2) is 36.8 Å². The summed E-state index contributed by atoms with van der Waals surface area (Å²) in [5, 5.41) is 11.4. The van der Waals surface area contributed by atoms with Crippen LogP contribution < -0.4 is 15.0 Å². The Hall–Kier alpha value is -3.16. The number of hydrogen-bond acceptors (Lipinski definition) is 6. The second kappa shape index (κ2) is 7.61. The highest BCUT2D eigenvalue weighted by atomic mass is 16.5. The van der Waals surface area contributed by atoms with Crippen LogP contribution in [0.2, 0.25) is 0 Å². The van der Waals surface area contributed by atoms with E-state index in [2.05, 4.69) is 20.2 Å². The van der Waals surface area contributed by atoms with Gasteiger partial charge in [0.25, 0.3) is 5.91 Å². The lowest BCUT2D eigenvalue weighted by Gasteiger charge is -2.19. The van der Waals surface area contributed by atoms with Gasteiger partial charge in [0.2, 0.25) is 0 Å². The number of aromatic nitrogens is 2. The molecule has 25 heavy (non-hydrogen) atoms. The Morgan fingerprint density at radius 2 is 1.92 bits per heavy atom. The first-order valence-corrected chi connectivity index (χ1v) is 7.94. The van der Waals surface area contributed by atoms with Crippen molar-refractivity contribution < 1.29 is 19.4 Å². The molecule has 8 heteroatoms. The summed E-state index contributed by atoms with van der Waals surface area (Å²) in [6.07, 6.45) is 5.27. The second-order valence-electron chi connectivity index (χ2n) is 5.62. The first-order chi connectivity index (χ1) is 12.1. The number of anilines is 2. The van der Waals surface area contributed by atoms with Gasteiger partial charge in [-0.1, -0.05) is 0 Å². The van der Waals surface area contributed by atoms with Crippen molar-refractivity contribution in [2.75, 3.05) is 29.9 Å². The summed E-state index contributed by atoms with van der Waals surface area (Å²) < 4.78 is 5.05. The fourth-order valence-electron chi connectivity index (χ4n) is 2.63. The van der Waals surface area contributed by atoms with E-state index >= 15 is 0 Å². The molecule has 130 valence electrons. The quantitative estimate of drug-likeness (QED) is 0.824. The Labute approximate surface area is 144 Å². The van der Waals surface area contributed by atoms with Crippen LogP contribution in [0, 0.1) is 0 Å². The molecule has 1 aliphatic heterocycles. The number of carbonyl (C=O) groups excluding carboxylic acids is 1. The number of benzene rings is 1. The van der Waals surface area contributed by atoms with Crippen molar-refractivity contribution >= 4 is 23.4 Å². The minimum atomic E-state index is -1.06. The first kappa shape index (κ1) is 16.7. The monoisotopic (exact) mass is 342 g/mol. The number of ether oxygens (including phenoxy) is 1. The van der Waals surface area contributed by atoms with Gasteiger partial charge in [0.1, 0.15) is 17.8 Å². The molecule has 0 saturated carbocycles. The van der Waals surface area contributed by atoms with Gasteiger partial charge in [-0.25, -0.2) is 14.8 Å². The summed E-state index contributed by atoms with van der Waals surface area (Å²) in [7, 11) is 0. The predicted molar refractivity (Wildman–Crippen MR) is 91.0 cm³/mol. The van der Waals surface area contributed by atoms with E-state index in [-0.39, 0.29) is 5.91 Å². The van der Waals surface area contributed by atoms with Gasteiger partial charge in [-0.2, -0.15) is 0 Å². The van der Waals surface area contributed by atoms with Crippen LogP contribution in [0.3, 0.4) is 0 Å². The molecule has 0 atom stereocenters. The van der Waals surface area contributed by atoms with E-state index in [9.17, 15) is 9.59 Å². The molecule has 0 radical (unpaired) electrons. The van der Waals surface area contributed by atoms with Gasteiger partial charge < -0.3 is 20.1 Å². The minimum absolute atomic E-state index is 0.292. The maximum Gasteiger partial charge on any atom is 0.341 e. The van der Waals surface area contributed by atoms with E-state index in [0.717, 1.165) is 31.7 Å². The molecule has 1 aromatic carbocycles. The smallest absolute Gasteiger partial charge is 0.341 e. The first-order valence-electron chi connectivity index (χ1n) is 7.94. The van der Waals surface area contributed by atoms with Crippen LogP contribution in [-0.2, 0) is 4.79 Å². The zero-order valence-corrected chi connectivity index (χ0v) is 13.5. The van der Waals surface area contributed by atoms with Crippen molar-refractivity contribution in [3.05, 3.63) is 42.4 Å². The third-order valence-electron chi connectivity index (χ3n) is 3.82. The Kier molecular flexibility index (Phi) is 5.08. The molecule has 2 heterocycles. The third-order valence-corrected chi connectivity index (χ3v) is 3.82. The molecule has 1 amide bonds. The van der Waals surface area contributed by atoms with E-state index in [1.807, 2.05) is 0 Å². The number of aliphatic carboxylic acids is 1. The van der Waals surface area contributed by atoms with Gasteiger partial charge in [-0.05, 0) is 37.1 Å². The van der Waals surface area contributed by atoms with Gasteiger partial charge in [-0.3, -0.25) is 4.79 Å². The van der Waals surface area contributed by atoms with E-state index < -0.39 is 12.6 Å². The number of nitrogens with zero attached hydrogens (tertiary/aromatic N) is 3. The summed E-state index contributed by atoms with van der Waals surface area (Å²) in [5.74, 6) is -0.234. The maximum absolute atomic E-state index is 12.4. The van der Waals surface area contributed by atoms with Crippen molar-refractivity contribution in [1.29, 1.82) is 0 Å². The summed E-state index contributed by atoms with van der Waals surface area (Å²) in [6, 6.07) is 6.26. The van der Waals surface area contributed by atoms with Crippen LogP contribution in [0.4, 0.5) is 11.5 Å². The Morgan fingerprint density at radius 1 is 1.20 bits per heavy atom. The maximum atomic E-state index is 12.4. The average molecular weight is 342 g/mol. The lowest BCUT2D eigenvalue weighted by Crippen LogP contribution is -2.22. The van der Waals surface area contributed by atoms with Crippen LogP contribution in [0.5, 0.6) is 5.75 Å². The molecule has 0 bridgehead atoms. The summed E-state index contributed by atoms with van der Waals surface area (Å²) in [5.41, 5.74) is 1.000. The molecule has 0 aliphatic carbocycles. The topological polar surface area (TPSA) is 105 Å². The number of nitrogens with one attached hydrogen (secondary N) is 1. The Morgan fingerprint density at radius 3 is 2.60 bits per heavy atom. The molecule has 2 N–H and O–H groups in total. The van der Waals surface area contributed by atoms with E-state index in [4.69, 9.17) is 9.84 Å². The Balaban J connectivity index is 1.69. The molecule has 1 saturated heterocycles. The molecule has 1 fully saturated rings. The highest BCUT2D eigenvalue weighted by Crippen LogP contribution is 2.26. The molecule has 2 aromatic rings. The molecular weight excluding hydrogens is 324 g/mol. The van der Waals surface area contributed by atoms with Crippen LogP contribution in [0.25, 0.3) is 0 Å². The summed E-state index contributed by atoms with van der Waals surface area (Å²) in [6.45, 7) is 1.40. The molecule has 1 aromatic heterocycles. The predicted octanol–water partition coefficient (Wildman–Crippen LogP) is 1.79. The normalized spacial score (nSPS) is 13.5. The zero-order valence-electron chi connectivity index (χ0n) is 13.5. The van der Waals surface area contributed by atoms with Crippen LogP contribution >= 0.6 is 0 Å². The number of rotatable bonds is 6. The van der Waals surface area contributed by atoms with Gasteiger partial charge in [0, 0.05) is 18.7 Å². The SMILES string of the molecule is O=C(O)COc1ccc(C(=O)Nc2cncnc2N2CCCC2)cc1. The molecule has 0 spiro atoms. The van der Waals surface area contributed by atoms with Gasteiger partial charge in [0.05, 0.1) is 6.20 Å². The standard InChI is InChI=1S/C17H18N4O4/c22-15(23)10-25-13-5-3-12(4-6-13)17(24)20-14-9-18-11-19-16(14)21-7-1-2-8-21/h3-6,9,11H,1-2,7-8,10H2,(H,20,24)(H,22,23). The molecular formula is C17H18N4O4. The van der Waals surface area contributed by atoms with Crippen molar-refractivity contribution in [2.24, 2.45) is 0 Å². The largest absolute Gasteiger partial charge is 0.482 e. The summed E-state index contributed by atoms with van der Waals surface area (Å²) >= 11 is 0. The fourth-order valence-corrected chi connectivity index (χ4v) is 2.63. The van der Waals surface area contributed by atoms with Crippen molar-refractivity contribution in [3.63, 3.8) is 0 Å². The summed E-state index contributed by atoms with van der Waals surface area (Å²) in [4.78, 5) is 33.3. The molecule has 1 aliphatic rings. The highest BCUT2D eigenvalue weighted by Gasteiger charge is 2.18. The molecule has 8 nitrogen and oxygen atoms in total. The van der Waals surface area contributed by atoms with Crippen molar-refractivity contribution in [1.82, 2.24) is 9.97 Å². The number of carboxylic acid groups (broad SMARTS) is 1. The van der Waals surface area contributed by atoms with Gasteiger partial charge in [-0.15, -0.1) is 0 Å². The van der Waals surface area contributed by atoms with Crippen molar-refractivity contribution in [2.45, 2.75) is 12.8 Å². The highest BCUT2D eigenvalue weighted by molar-refractivity contribution is 6.05. The van der Waals surface area contributed by atoms with E-state index in [0.29, 0.717) is 17.0 Å². The van der Waals surface area contributed by atoms with Crippen LogP contribution in [-0.4, -0.2) is 46.6 Å². The third kappa shape index (κ3) is 4.23. The van der Waals surface area contributed by atoms with Gasteiger partial charge >= 0.3 is 5.97 Å². The molecule has 3 rings (SSSR count). The lowest BCUT2D eigenvalue weighted by atomic mass is 10.2. The average Bonchev–Trinajstić information content (AvgIpc) is 3.15. The van der Waals surface area contributed by atoms with Crippen molar-refractivity contribution in [3.8, 4) is 5.75 Å². The van der Waals surface area contributed by atoms with E-state index in [1.54, 1.807) is 30.5 Å².